The summed E-state index contributed by atoms with van der Waals surface area (Å²) in [6, 6.07) is 3.54. The van der Waals surface area contributed by atoms with Crippen molar-refractivity contribution < 1.29 is 29.9 Å². The largest absolute Gasteiger partial charge is 0.388 e. The Balaban J connectivity index is 2.11. The van der Waals surface area contributed by atoms with Gasteiger partial charge in [-0.1, -0.05) is 0 Å². The highest BCUT2D eigenvalue weighted by Crippen LogP contribution is 2.24. The van der Waals surface area contributed by atoms with Gasteiger partial charge in [0.15, 0.2) is 11.5 Å². The third kappa shape index (κ3) is 4.79. The van der Waals surface area contributed by atoms with Crippen LogP contribution >= 0.6 is 0 Å². The molecule has 3 atom stereocenters. The van der Waals surface area contributed by atoms with Crippen LogP contribution in [-0.2, 0) is 16.0 Å². The molecule has 2 heterocycles. The van der Waals surface area contributed by atoms with Gasteiger partial charge in [0.1, 0.15) is 31.9 Å². The smallest absolute Gasteiger partial charge is 0.349 e. The van der Waals surface area contributed by atoms with Crippen LogP contribution in [0.2, 0.25) is 0 Å². The minimum absolute atomic E-state index is 0.0537. The molecule has 0 fully saturated rings. The van der Waals surface area contributed by atoms with Crippen molar-refractivity contribution >= 4 is 11.0 Å². The zero-order chi connectivity index (χ0) is 22.7. The predicted octanol–water partition coefficient (Wildman–Crippen LogP) is -1.78. The number of aromatic nitrogens is 4. The maximum atomic E-state index is 12.3. The molecule has 2 aliphatic rings. The van der Waals surface area contributed by atoms with Gasteiger partial charge in [0.25, 0.3) is 5.56 Å². The first-order chi connectivity index (χ1) is 14.8. The molecule has 1 aromatic carbocycles. The summed E-state index contributed by atoms with van der Waals surface area (Å²) in [5, 5.41) is 39.0. The van der Waals surface area contributed by atoms with E-state index in [0.29, 0.717) is 11.0 Å². The third-order valence-electron chi connectivity index (χ3n) is 5.03. The molecule has 0 aliphatic carbocycles. The second kappa shape index (κ2) is 9.60. The molecule has 0 spiro atoms. The van der Waals surface area contributed by atoms with E-state index in [1.807, 2.05) is 13.8 Å². The number of ether oxygens (including phenoxy) is 2. The van der Waals surface area contributed by atoms with Crippen molar-refractivity contribution in [1.29, 1.82) is 0 Å². The molecule has 0 saturated heterocycles. The highest BCUT2D eigenvalue weighted by molar-refractivity contribution is 5.81. The standard InChI is InChI=1S/C19H24N4O8/c1-9-3-11-12(4-10(9)2)23(17-15(20-11)18(28)22-19(29)21-17)5-13(26)16(27)14(31-8-25)6-30-7-24/h3-4,13-14,16,24-27H,5-8H2,1-2H3,(H,22,28,29)/t13-,14+,16-/m0/s1. The molecule has 12 heteroatoms. The number of benzene rings is 1. The molecular formula is C19H24N4O8. The maximum Gasteiger partial charge on any atom is 0.349 e. The number of aromatic amines is 1. The Kier molecular flexibility index (Phi) is 7.10. The Labute approximate surface area is 175 Å². The molecule has 5 N–H and O–H groups in total. The summed E-state index contributed by atoms with van der Waals surface area (Å²) < 4.78 is 11.2. The summed E-state index contributed by atoms with van der Waals surface area (Å²) in [5.41, 5.74) is 1.07. The number of hydrogen-bond acceptors (Lipinski definition) is 10. The first-order valence-electron chi connectivity index (χ1n) is 9.45. The quantitative estimate of drug-likeness (QED) is 0.190. The maximum absolute atomic E-state index is 12.3. The molecule has 0 amide bonds. The lowest BCUT2D eigenvalue weighted by atomic mass is 10.1. The van der Waals surface area contributed by atoms with Crippen LogP contribution in [0, 0.1) is 13.8 Å². The van der Waals surface area contributed by atoms with Crippen molar-refractivity contribution in [2.45, 2.75) is 38.7 Å². The molecule has 31 heavy (non-hydrogen) atoms. The average molecular weight is 436 g/mol. The Hall–Kier alpha value is -2.74. The zero-order valence-corrected chi connectivity index (χ0v) is 17.0. The topological polar surface area (TPSA) is 180 Å². The first-order valence-corrected chi connectivity index (χ1v) is 9.45. The van der Waals surface area contributed by atoms with Crippen molar-refractivity contribution in [3.05, 3.63) is 44.1 Å². The SMILES string of the molecule is Cc1cc2nc3c(=O)[nH]c(=O)nc-3n(C[C@H](O)[C@H](O)[C@@H](COCO)OCO)c2cc1C. The lowest BCUT2D eigenvalue weighted by molar-refractivity contribution is -0.161. The highest BCUT2D eigenvalue weighted by Gasteiger charge is 2.30. The lowest BCUT2D eigenvalue weighted by Crippen LogP contribution is -2.44. The van der Waals surface area contributed by atoms with Gasteiger partial charge in [-0.15, -0.1) is 0 Å². The van der Waals surface area contributed by atoms with Gasteiger partial charge in [-0.2, -0.15) is 4.98 Å². The fourth-order valence-corrected chi connectivity index (χ4v) is 3.29. The fourth-order valence-electron chi connectivity index (χ4n) is 3.29. The van der Waals surface area contributed by atoms with E-state index in [2.05, 4.69) is 15.0 Å². The van der Waals surface area contributed by atoms with E-state index in [1.165, 1.54) is 4.57 Å². The monoisotopic (exact) mass is 436 g/mol. The lowest BCUT2D eigenvalue weighted by Gasteiger charge is -2.28. The van der Waals surface area contributed by atoms with Crippen LogP contribution < -0.4 is 11.2 Å². The molecule has 0 aromatic heterocycles. The molecule has 0 saturated carbocycles. The number of aryl methyl sites for hydroxylation is 2. The van der Waals surface area contributed by atoms with Crippen LogP contribution in [0.5, 0.6) is 0 Å². The highest BCUT2D eigenvalue weighted by atomic mass is 16.6. The van der Waals surface area contributed by atoms with Gasteiger partial charge < -0.3 is 34.5 Å². The number of nitrogens with one attached hydrogen (secondary N) is 1. The molecule has 2 aliphatic heterocycles. The molecule has 168 valence electrons. The number of aliphatic hydroxyl groups excluding tert-OH is 4. The van der Waals surface area contributed by atoms with Gasteiger partial charge in [0.2, 0.25) is 0 Å². The summed E-state index contributed by atoms with van der Waals surface area (Å²) >= 11 is 0. The molecule has 1 aromatic rings. The van der Waals surface area contributed by atoms with Gasteiger partial charge in [0, 0.05) is 0 Å². The Morgan fingerprint density at radius 3 is 2.48 bits per heavy atom. The Morgan fingerprint density at radius 2 is 1.81 bits per heavy atom. The molecular weight excluding hydrogens is 412 g/mol. The van der Waals surface area contributed by atoms with Crippen molar-refractivity contribution in [3.63, 3.8) is 0 Å². The molecule has 0 bridgehead atoms. The summed E-state index contributed by atoms with van der Waals surface area (Å²) in [6.07, 6.45) is -4.16. The van der Waals surface area contributed by atoms with E-state index >= 15 is 0 Å². The molecule has 0 radical (unpaired) electrons. The van der Waals surface area contributed by atoms with E-state index in [-0.39, 0.29) is 24.7 Å². The number of H-pyrrole nitrogens is 1. The van der Waals surface area contributed by atoms with E-state index in [4.69, 9.17) is 19.7 Å². The number of nitrogens with zero attached hydrogens (tertiary/aromatic N) is 3. The van der Waals surface area contributed by atoms with Crippen LogP contribution in [0.3, 0.4) is 0 Å². The second-order valence-corrected chi connectivity index (χ2v) is 7.08. The fraction of sp³-hybridized carbons (Fsp3) is 0.474. The van der Waals surface area contributed by atoms with Crippen LogP contribution in [-0.4, -0.2) is 78.4 Å². The first kappa shape index (κ1) is 22.9. The van der Waals surface area contributed by atoms with Crippen molar-refractivity contribution in [2.75, 3.05) is 20.2 Å². The van der Waals surface area contributed by atoms with Gasteiger partial charge in [-0.25, -0.2) is 9.78 Å². The van der Waals surface area contributed by atoms with Crippen molar-refractivity contribution in [2.24, 2.45) is 0 Å². The number of aliphatic hydroxyl groups is 4. The normalized spacial score (nSPS) is 14.8. The average Bonchev–Trinajstić information content (AvgIpc) is 2.72. The number of fused-ring (bicyclic) bond motifs is 2. The van der Waals surface area contributed by atoms with Crippen LogP contribution in [0.1, 0.15) is 11.1 Å². The molecule has 3 rings (SSSR count). The summed E-state index contributed by atoms with van der Waals surface area (Å²) in [5.74, 6) is -0.0537. The molecule has 0 unspecified atom stereocenters. The van der Waals surface area contributed by atoms with Gasteiger partial charge in [-0.3, -0.25) is 9.78 Å². The van der Waals surface area contributed by atoms with E-state index < -0.39 is 43.1 Å². The van der Waals surface area contributed by atoms with E-state index in [0.717, 1.165) is 11.1 Å². The Morgan fingerprint density at radius 1 is 1.10 bits per heavy atom. The minimum Gasteiger partial charge on any atom is -0.388 e. The zero-order valence-electron chi connectivity index (χ0n) is 17.0. The summed E-state index contributed by atoms with van der Waals surface area (Å²) in [4.78, 5) is 34.4. The Bertz CT molecular complexity index is 1140. The van der Waals surface area contributed by atoms with Crippen molar-refractivity contribution in [3.8, 4) is 11.5 Å². The van der Waals surface area contributed by atoms with Crippen LogP contribution in [0.4, 0.5) is 0 Å². The van der Waals surface area contributed by atoms with Crippen molar-refractivity contribution in [1.82, 2.24) is 19.5 Å². The van der Waals surface area contributed by atoms with Crippen LogP contribution in [0.15, 0.2) is 21.7 Å². The predicted molar refractivity (Wildman–Crippen MR) is 108 cm³/mol. The van der Waals surface area contributed by atoms with Gasteiger partial charge in [0.05, 0.1) is 24.2 Å². The summed E-state index contributed by atoms with van der Waals surface area (Å²) in [6.45, 7) is 1.80. The van der Waals surface area contributed by atoms with Gasteiger partial charge >= 0.3 is 5.69 Å². The minimum atomic E-state index is -1.54. The van der Waals surface area contributed by atoms with E-state index in [9.17, 15) is 19.8 Å². The third-order valence-corrected chi connectivity index (χ3v) is 5.03. The number of hydrogen-bond donors (Lipinski definition) is 5. The van der Waals surface area contributed by atoms with E-state index in [1.54, 1.807) is 12.1 Å². The van der Waals surface area contributed by atoms with Gasteiger partial charge in [-0.05, 0) is 37.1 Å². The second-order valence-electron chi connectivity index (χ2n) is 7.08. The molecule has 12 nitrogen and oxygen atoms in total. The summed E-state index contributed by atoms with van der Waals surface area (Å²) in [7, 11) is 0. The number of rotatable bonds is 9. The van der Waals surface area contributed by atoms with Crippen LogP contribution in [0.25, 0.3) is 22.6 Å².